The lowest BCUT2D eigenvalue weighted by atomic mass is 10.1. The van der Waals surface area contributed by atoms with Gasteiger partial charge in [-0.1, -0.05) is 52.5 Å². The van der Waals surface area contributed by atoms with Crippen molar-refractivity contribution in [3.8, 4) is 0 Å². The number of carbonyl (C=O) groups excluding carboxylic acids is 1. The van der Waals surface area contributed by atoms with Crippen LogP contribution in [-0.2, 0) is 0 Å². The summed E-state index contributed by atoms with van der Waals surface area (Å²) in [7, 11) is 0. The molecule has 8 heteroatoms. The van der Waals surface area contributed by atoms with E-state index in [-0.39, 0.29) is 36.9 Å². The summed E-state index contributed by atoms with van der Waals surface area (Å²) in [5, 5.41) is 12.0. The second kappa shape index (κ2) is 6.75. The molecule has 0 bridgehead atoms. The number of benzene rings is 2. The van der Waals surface area contributed by atoms with Crippen LogP contribution in [0.25, 0.3) is 0 Å². The summed E-state index contributed by atoms with van der Waals surface area (Å²) in [5.41, 5.74) is -0.208. The van der Waals surface area contributed by atoms with Crippen molar-refractivity contribution in [2.75, 3.05) is 5.32 Å². The van der Waals surface area contributed by atoms with E-state index in [1.807, 2.05) is 0 Å². The first-order valence-corrected chi connectivity index (χ1v) is 7.30. The molecular weight excluding hydrogens is 372 g/mol. The standard InChI is InChI=1S/C14H7Cl4NO3/c15-6-4-8(14(21)22)12(10(17)5-6)19-13(20)7-2-1-3-9(16)11(7)18/h1-5H,(H,19,20)(H,21,22). The molecule has 0 fully saturated rings. The first-order valence-electron chi connectivity index (χ1n) is 5.79. The SMILES string of the molecule is O=C(Nc1c(Cl)cc(Cl)cc1C(=O)O)c1cccc(Cl)c1Cl. The molecule has 2 aromatic carbocycles. The van der Waals surface area contributed by atoms with Crippen molar-refractivity contribution in [1.82, 2.24) is 0 Å². The molecule has 0 aliphatic carbocycles. The van der Waals surface area contributed by atoms with Gasteiger partial charge in [-0.05, 0) is 24.3 Å². The van der Waals surface area contributed by atoms with Gasteiger partial charge in [-0.15, -0.1) is 0 Å². The summed E-state index contributed by atoms with van der Waals surface area (Å²) in [6.45, 7) is 0. The fourth-order valence-electron chi connectivity index (χ4n) is 1.73. The van der Waals surface area contributed by atoms with E-state index in [1.165, 1.54) is 24.3 Å². The Morgan fingerprint density at radius 1 is 0.955 bits per heavy atom. The molecule has 0 aliphatic heterocycles. The quantitative estimate of drug-likeness (QED) is 0.766. The lowest BCUT2D eigenvalue weighted by Crippen LogP contribution is -2.16. The van der Waals surface area contributed by atoms with Crippen LogP contribution in [0.2, 0.25) is 20.1 Å². The van der Waals surface area contributed by atoms with Crippen molar-refractivity contribution in [1.29, 1.82) is 0 Å². The van der Waals surface area contributed by atoms with Gasteiger partial charge in [0.1, 0.15) is 0 Å². The normalized spacial score (nSPS) is 10.4. The van der Waals surface area contributed by atoms with E-state index in [0.717, 1.165) is 0 Å². The first kappa shape index (κ1) is 16.9. The fraction of sp³-hybridized carbons (Fsp3) is 0. The predicted molar refractivity (Wildman–Crippen MR) is 87.8 cm³/mol. The highest BCUT2D eigenvalue weighted by Gasteiger charge is 2.19. The molecule has 114 valence electrons. The van der Waals surface area contributed by atoms with Crippen molar-refractivity contribution >= 4 is 64.0 Å². The molecule has 1 amide bonds. The van der Waals surface area contributed by atoms with Crippen LogP contribution in [0.1, 0.15) is 20.7 Å². The molecule has 0 aliphatic rings. The zero-order valence-electron chi connectivity index (χ0n) is 10.7. The van der Waals surface area contributed by atoms with Gasteiger partial charge in [-0.3, -0.25) is 4.79 Å². The number of rotatable bonds is 3. The number of nitrogens with one attached hydrogen (secondary N) is 1. The Balaban J connectivity index is 2.45. The van der Waals surface area contributed by atoms with Gasteiger partial charge in [0, 0.05) is 5.02 Å². The number of carbonyl (C=O) groups is 2. The van der Waals surface area contributed by atoms with Crippen molar-refractivity contribution < 1.29 is 14.7 Å². The Bertz CT molecular complexity index is 777. The molecule has 22 heavy (non-hydrogen) atoms. The Hall–Kier alpha value is -1.46. The smallest absolute Gasteiger partial charge is 0.337 e. The average Bonchev–Trinajstić information content (AvgIpc) is 2.44. The second-order valence-corrected chi connectivity index (χ2v) is 5.80. The number of anilines is 1. The maximum atomic E-state index is 12.3. The van der Waals surface area contributed by atoms with Crippen molar-refractivity contribution in [3.63, 3.8) is 0 Å². The summed E-state index contributed by atoms with van der Waals surface area (Å²) in [5.74, 6) is -1.92. The molecule has 0 saturated heterocycles. The molecule has 2 rings (SSSR count). The summed E-state index contributed by atoms with van der Waals surface area (Å²) in [6.07, 6.45) is 0. The summed E-state index contributed by atoms with van der Waals surface area (Å²) < 4.78 is 0. The number of aromatic carboxylic acids is 1. The zero-order valence-corrected chi connectivity index (χ0v) is 13.7. The Morgan fingerprint density at radius 2 is 1.64 bits per heavy atom. The van der Waals surface area contributed by atoms with Crippen LogP contribution >= 0.6 is 46.4 Å². The molecule has 0 atom stereocenters. The maximum absolute atomic E-state index is 12.3. The predicted octanol–water partition coefficient (Wildman–Crippen LogP) is 5.25. The number of carboxylic acid groups (broad SMARTS) is 1. The van der Waals surface area contributed by atoms with Crippen LogP contribution in [0.5, 0.6) is 0 Å². The molecule has 0 saturated carbocycles. The Kier molecular flexibility index (Phi) is 5.19. The van der Waals surface area contributed by atoms with E-state index in [1.54, 1.807) is 6.07 Å². The third-order valence-corrected chi connectivity index (χ3v) is 4.06. The van der Waals surface area contributed by atoms with Crippen molar-refractivity contribution in [2.45, 2.75) is 0 Å². The zero-order chi connectivity index (χ0) is 16.4. The number of halogens is 4. The molecule has 0 heterocycles. The highest BCUT2D eigenvalue weighted by molar-refractivity contribution is 6.44. The summed E-state index contributed by atoms with van der Waals surface area (Å²) >= 11 is 23.5. The van der Waals surface area contributed by atoms with E-state index >= 15 is 0 Å². The van der Waals surface area contributed by atoms with E-state index < -0.39 is 11.9 Å². The number of carboxylic acids is 1. The van der Waals surface area contributed by atoms with Crippen LogP contribution < -0.4 is 5.32 Å². The van der Waals surface area contributed by atoms with Crippen molar-refractivity contribution in [2.24, 2.45) is 0 Å². The van der Waals surface area contributed by atoms with Gasteiger partial charge in [0.05, 0.1) is 31.9 Å². The van der Waals surface area contributed by atoms with E-state index in [2.05, 4.69) is 5.32 Å². The van der Waals surface area contributed by atoms with Crippen LogP contribution in [-0.4, -0.2) is 17.0 Å². The van der Waals surface area contributed by atoms with Crippen LogP contribution in [0.3, 0.4) is 0 Å². The number of hydrogen-bond acceptors (Lipinski definition) is 2. The van der Waals surface area contributed by atoms with E-state index in [9.17, 15) is 14.7 Å². The van der Waals surface area contributed by atoms with Gasteiger partial charge < -0.3 is 10.4 Å². The average molecular weight is 379 g/mol. The Labute approximate surface area is 145 Å². The van der Waals surface area contributed by atoms with E-state index in [0.29, 0.717) is 0 Å². The van der Waals surface area contributed by atoms with Gasteiger partial charge >= 0.3 is 5.97 Å². The largest absolute Gasteiger partial charge is 0.478 e. The fourth-order valence-corrected chi connectivity index (χ4v) is 2.66. The van der Waals surface area contributed by atoms with Gasteiger partial charge in [-0.25, -0.2) is 4.79 Å². The molecule has 0 spiro atoms. The summed E-state index contributed by atoms with van der Waals surface area (Å²) in [4.78, 5) is 23.5. The third-order valence-electron chi connectivity index (χ3n) is 2.72. The highest BCUT2D eigenvalue weighted by Crippen LogP contribution is 2.32. The lowest BCUT2D eigenvalue weighted by molar-refractivity contribution is 0.0698. The summed E-state index contributed by atoms with van der Waals surface area (Å²) in [6, 6.07) is 7.03. The van der Waals surface area contributed by atoms with Gasteiger partial charge in [0.2, 0.25) is 0 Å². The van der Waals surface area contributed by atoms with Gasteiger partial charge in [0.25, 0.3) is 5.91 Å². The van der Waals surface area contributed by atoms with Crippen LogP contribution in [0.15, 0.2) is 30.3 Å². The minimum Gasteiger partial charge on any atom is -0.478 e. The van der Waals surface area contributed by atoms with E-state index in [4.69, 9.17) is 46.4 Å². The number of amides is 1. The van der Waals surface area contributed by atoms with Gasteiger partial charge in [-0.2, -0.15) is 0 Å². The van der Waals surface area contributed by atoms with Gasteiger partial charge in [0.15, 0.2) is 0 Å². The molecule has 2 aromatic rings. The Morgan fingerprint density at radius 3 is 2.27 bits per heavy atom. The monoisotopic (exact) mass is 377 g/mol. The molecular formula is C14H7Cl4NO3. The molecule has 0 unspecified atom stereocenters. The molecule has 0 aromatic heterocycles. The first-order chi connectivity index (χ1) is 10.3. The topological polar surface area (TPSA) is 66.4 Å². The van der Waals surface area contributed by atoms with Crippen molar-refractivity contribution in [3.05, 3.63) is 61.5 Å². The number of hydrogen-bond donors (Lipinski definition) is 2. The molecule has 2 N–H and O–H groups in total. The molecule has 0 radical (unpaired) electrons. The van der Waals surface area contributed by atoms with Crippen LogP contribution in [0.4, 0.5) is 5.69 Å². The minimum absolute atomic E-state index is 0.00333. The second-order valence-electron chi connectivity index (χ2n) is 4.17. The maximum Gasteiger partial charge on any atom is 0.337 e. The lowest BCUT2D eigenvalue weighted by Gasteiger charge is -2.12. The minimum atomic E-state index is -1.28. The third kappa shape index (κ3) is 3.47. The molecule has 4 nitrogen and oxygen atoms in total. The van der Waals surface area contributed by atoms with Crippen LogP contribution in [0, 0.1) is 0 Å². The highest BCUT2D eigenvalue weighted by atomic mass is 35.5.